The lowest BCUT2D eigenvalue weighted by Gasteiger charge is -2.52. The van der Waals surface area contributed by atoms with Crippen LogP contribution in [-0.2, 0) is 46.7 Å². The van der Waals surface area contributed by atoms with E-state index in [-0.39, 0.29) is 0 Å². The van der Waals surface area contributed by atoms with E-state index in [1.54, 1.807) is 0 Å². The second-order valence-electron chi connectivity index (χ2n) is 12.4. The average Bonchev–Trinajstić information content (AvgIpc) is 3.87. The Morgan fingerprint density at radius 3 is 1.58 bits per heavy atom. The van der Waals surface area contributed by atoms with E-state index in [1.807, 2.05) is 79.7 Å². The van der Waals surface area contributed by atoms with Crippen LogP contribution < -0.4 is 0 Å². The molecule has 0 saturated carbocycles. The lowest BCUT2D eigenvalue weighted by Crippen LogP contribution is -2.58. The second-order valence-corrected chi connectivity index (χ2v) is 12.4. The monoisotopic (exact) mass is 590 g/mol. The lowest BCUT2D eigenvalue weighted by molar-refractivity contribution is -0.236. The molecule has 4 unspecified atom stereocenters. The normalized spacial score (nSPS) is 22.2. The quantitative estimate of drug-likeness (QED) is 0.148. The van der Waals surface area contributed by atoms with Gasteiger partial charge in [0.25, 0.3) is 0 Å². The summed E-state index contributed by atoms with van der Waals surface area (Å²) in [6.07, 6.45) is 2.87. The van der Waals surface area contributed by atoms with Crippen LogP contribution in [-0.4, -0.2) is 74.8 Å². The van der Waals surface area contributed by atoms with Crippen LogP contribution in [0.3, 0.4) is 0 Å². The molecule has 3 aliphatic rings. The Balaban J connectivity index is 0.000000345. The third-order valence-corrected chi connectivity index (χ3v) is 9.02. The third kappa shape index (κ3) is 8.11. The molecule has 7 nitrogen and oxygen atoms in total. The van der Waals surface area contributed by atoms with Crippen LogP contribution in [0.5, 0.6) is 0 Å². The Labute approximate surface area is 255 Å². The Kier molecular flexibility index (Phi) is 10.3. The molecule has 0 amide bonds. The van der Waals surface area contributed by atoms with Crippen LogP contribution >= 0.6 is 0 Å². The minimum Gasteiger partial charge on any atom is -0.379 e. The van der Waals surface area contributed by atoms with E-state index in [4.69, 9.17) is 23.7 Å². The molecular formula is C36H46O7. The molecule has 7 heteroatoms. The molecule has 6 rings (SSSR count). The van der Waals surface area contributed by atoms with Gasteiger partial charge in [0.05, 0.1) is 45.1 Å². The second kappa shape index (κ2) is 14.0. The smallest absolute Gasteiger partial charge is 0.200 e. The van der Waals surface area contributed by atoms with Crippen LogP contribution in [0.4, 0.5) is 0 Å². The Morgan fingerprint density at radius 2 is 1.09 bits per heavy atom. The first-order valence-corrected chi connectivity index (χ1v) is 15.4. The van der Waals surface area contributed by atoms with Gasteiger partial charge in [-0.05, 0) is 36.5 Å². The first kappa shape index (κ1) is 31.8. The van der Waals surface area contributed by atoms with Crippen molar-refractivity contribution in [2.45, 2.75) is 68.5 Å². The van der Waals surface area contributed by atoms with Gasteiger partial charge < -0.3 is 33.9 Å². The molecule has 3 aliphatic heterocycles. The number of aliphatic hydroxyl groups is 2. The van der Waals surface area contributed by atoms with E-state index in [2.05, 4.69) is 26.0 Å². The number of rotatable bonds is 15. The zero-order chi connectivity index (χ0) is 30.3. The first-order chi connectivity index (χ1) is 20.7. The zero-order valence-corrected chi connectivity index (χ0v) is 25.6. The van der Waals surface area contributed by atoms with Crippen molar-refractivity contribution in [2.75, 3.05) is 46.2 Å². The third-order valence-electron chi connectivity index (χ3n) is 9.02. The summed E-state index contributed by atoms with van der Waals surface area (Å²) in [5.74, 6) is -2.11. The minimum atomic E-state index is -2.11. The van der Waals surface area contributed by atoms with Crippen molar-refractivity contribution in [3.63, 3.8) is 0 Å². The van der Waals surface area contributed by atoms with Crippen LogP contribution in [0.25, 0.3) is 0 Å². The molecule has 3 aromatic carbocycles. The Hall–Kier alpha value is -2.62. The highest BCUT2D eigenvalue weighted by Crippen LogP contribution is 2.53. The van der Waals surface area contributed by atoms with Crippen molar-refractivity contribution >= 4 is 0 Å². The topological polar surface area (TPSA) is 96.5 Å². The average molecular weight is 591 g/mol. The Morgan fingerprint density at radius 1 is 0.628 bits per heavy atom. The summed E-state index contributed by atoms with van der Waals surface area (Å²) in [7, 11) is 0. The summed E-state index contributed by atoms with van der Waals surface area (Å²) in [6.45, 7) is 11.6. The molecule has 3 saturated heterocycles. The molecule has 0 spiro atoms. The maximum atomic E-state index is 11.9. The van der Waals surface area contributed by atoms with E-state index in [1.165, 1.54) is 0 Å². The highest BCUT2D eigenvalue weighted by Gasteiger charge is 2.57. The van der Waals surface area contributed by atoms with Crippen molar-refractivity contribution in [1.82, 2.24) is 0 Å². The molecule has 3 heterocycles. The predicted molar refractivity (Wildman–Crippen MR) is 165 cm³/mol. The van der Waals surface area contributed by atoms with E-state index in [0.717, 1.165) is 62.6 Å². The zero-order valence-electron chi connectivity index (χ0n) is 25.6. The fraction of sp³-hybridized carbons (Fsp3) is 0.500. The standard InChI is InChI=1S/C30H36O4.C6H10O3/c1-28(2,24-12-6-4-7-13-24)29(3,25-14-8-5-9-15-25)30(31,32)26-18-16-23(17-19-26)11-10-20-33-21-27-22-34-27;1(5-3-8-5)7-2-6-4-9-6/h4-9,12-19,27,31-32H,10-11,20-22H2,1-3H3;5-6H,1-4H2. The molecule has 0 bridgehead atoms. The molecule has 2 N–H and O–H groups in total. The molecular weight excluding hydrogens is 544 g/mol. The van der Waals surface area contributed by atoms with Crippen LogP contribution in [0.15, 0.2) is 84.9 Å². The van der Waals surface area contributed by atoms with Gasteiger partial charge in [0.1, 0.15) is 18.3 Å². The molecule has 4 atom stereocenters. The van der Waals surface area contributed by atoms with Crippen molar-refractivity contribution in [1.29, 1.82) is 0 Å². The fourth-order valence-corrected chi connectivity index (χ4v) is 5.52. The van der Waals surface area contributed by atoms with Gasteiger partial charge >= 0.3 is 0 Å². The van der Waals surface area contributed by atoms with Gasteiger partial charge in [-0.1, -0.05) is 98.8 Å². The fourth-order valence-electron chi connectivity index (χ4n) is 5.52. The molecule has 0 aliphatic carbocycles. The van der Waals surface area contributed by atoms with Gasteiger partial charge in [-0.15, -0.1) is 0 Å². The summed E-state index contributed by atoms with van der Waals surface area (Å²) in [5.41, 5.74) is 1.91. The molecule has 232 valence electrons. The van der Waals surface area contributed by atoms with E-state index in [0.29, 0.717) is 37.1 Å². The summed E-state index contributed by atoms with van der Waals surface area (Å²) >= 11 is 0. The SMILES string of the molecule is C(OCC1CO1)C1CO1.CC(C)(c1ccccc1)C(C)(c1ccccc1)C(O)(O)c1ccc(CCCOCC2CO2)cc1. The summed E-state index contributed by atoms with van der Waals surface area (Å²) in [5, 5.41) is 23.7. The number of benzene rings is 3. The Bertz CT molecular complexity index is 1240. The number of aryl methyl sites for hydroxylation is 1. The number of epoxide rings is 3. The van der Waals surface area contributed by atoms with Crippen LogP contribution in [0.2, 0.25) is 0 Å². The van der Waals surface area contributed by atoms with Gasteiger partial charge in [0.15, 0.2) is 5.79 Å². The molecule has 3 aromatic rings. The van der Waals surface area contributed by atoms with Gasteiger partial charge in [-0.2, -0.15) is 0 Å². The van der Waals surface area contributed by atoms with E-state index >= 15 is 0 Å². The summed E-state index contributed by atoms with van der Waals surface area (Å²) in [6, 6.07) is 27.5. The van der Waals surface area contributed by atoms with Crippen molar-refractivity contribution in [2.24, 2.45) is 0 Å². The van der Waals surface area contributed by atoms with Crippen LogP contribution in [0.1, 0.15) is 49.4 Å². The van der Waals surface area contributed by atoms with Gasteiger partial charge in [-0.25, -0.2) is 0 Å². The van der Waals surface area contributed by atoms with Gasteiger partial charge in [-0.3, -0.25) is 0 Å². The molecule has 3 fully saturated rings. The largest absolute Gasteiger partial charge is 0.379 e. The van der Waals surface area contributed by atoms with E-state index in [9.17, 15) is 10.2 Å². The predicted octanol–water partition coefficient (Wildman–Crippen LogP) is 4.91. The number of ether oxygens (including phenoxy) is 5. The highest BCUT2D eigenvalue weighted by atomic mass is 16.6. The summed E-state index contributed by atoms with van der Waals surface area (Å²) in [4.78, 5) is 0. The number of hydrogen-bond donors (Lipinski definition) is 2. The van der Waals surface area contributed by atoms with Gasteiger partial charge in [0.2, 0.25) is 0 Å². The minimum absolute atomic E-state index is 0.292. The highest BCUT2D eigenvalue weighted by molar-refractivity contribution is 5.43. The van der Waals surface area contributed by atoms with Crippen molar-refractivity contribution < 1.29 is 33.9 Å². The maximum Gasteiger partial charge on any atom is 0.200 e. The lowest BCUT2D eigenvalue weighted by atomic mass is 9.54. The maximum absolute atomic E-state index is 11.9. The van der Waals surface area contributed by atoms with Gasteiger partial charge in [0, 0.05) is 17.6 Å². The molecule has 0 aromatic heterocycles. The van der Waals surface area contributed by atoms with Crippen LogP contribution in [0, 0.1) is 0 Å². The van der Waals surface area contributed by atoms with Crippen molar-refractivity contribution in [3.8, 4) is 0 Å². The number of hydrogen-bond acceptors (Lipinski definition) is 7. The van der Waals surface area contributed by atoms with Crippen molar-refractivity contribution in [3.05, 3.63) is 107 Å². The summed E-state index contributed by atoms with van der Waals surface area (Å²) < 4.78 is 25.9. The molecule has 43 heavy (non-hydrogen) atoms. The van der Waals surface area contributed by atoms with E-state index < -0.39 is 16.6 Å². The first-order valence-electron chi connectivity index (χ1n) is 15.4. The molecule has 0 radical (unpaired) electrons.